The summed E-state index contributed by atoms with van der Waals surface area (Å²) in [7, 11) is 0. The monoisotopic (exact) mass is 228 g/mol. The number of carbonyl (C=O) groups is 2. The Bertz CT molecular complexity index is 209. The highest BCUT2D eigenvalue weighted by atomic mass is 16.5. The highest BCUT2D eigenvalue weighted by Crippen LogP contribution is 2.07. The molecule has 0 aliphatic heterocycles. The summed E-state index contributed by atoms with van der Waals surface area (Å²) >= 11 is 0. The average Bonchev–Trinajstić information content (AvgIpc) is 2.21. The molecule has 94 valence electrons. The largest absolute Gasteiger partial charge is 0.463 e. The van der Waals surface area contributed by atoms with Crippen molar-refractivity contribution in [1.82, 2.24) is 0 Å². The molecule has 0 rings (SSSR count). The third-order valence-corrected chi connectivity index (χ3v) is 2.35. The van der Waals surface area contributed by atoms with Crippen molar-refractivity contribution in [2.45, 2.75) is 71.8 Å². The van der Waals surface area contributed by atoms with E-state index in [1.807, 2.05) is 20.8 Å². The van der Waals surface area contributed by atoms with Gasteiger partial charge in [-0.25, -0.2) is 0 Å². The lowest BCUT2D eigenvalue weighted by atomic mass is 10.1. The van der Waals surface area contributed by atoms with Gasteiger partial charge in [0.1, 0.15) is 5.78 Å². The molecular weight excluding hydrogens is 204 g/mol. The van der Waals surface area contributed by atoms with Gasteiger partial charge in [0.15, 0.2) is 0 Å². The Morgan fingerprint density at radius 3 is 2.06 bits per heavy atom. The van der Waals surface area contributed by atoms with Gasteiger partial charge < -0.3 is 4.74 Å². The highest BCUT2D eigenvalue weighted by molar-refractivity contribution is 5.77. The van der Waals surface area contributed by atoms with Crippen LogP contribution in [0.4, 0.5) is 0 Å². The lowest BCUT2D eigenvalue weighted by Crippen LogP contribution is -2.10. The highest BCUT2D eigenvalue weighted by Gasteiger charge is 2.04. The molecule has 0 bridgehead atoms. The molecule has 0 aliphatic carbocycles. The molecule has 0 saturated carbocycles. The zero-order chi connectivity index (χ0) is 12.4. The summed E-state index contributed by atoms with van der Waals surface area (Å²) in [6.45, 7) is 5.60. The summed E-state index contributed by atoms with van der Waals surface area (Å²) in [6.07, 6.45) is 5.66. The third-order valence-electron chi connectivity index (χ3n) is 2.35. The lowest BCUT2D eigenvalue weighted by molar-refractivity contribution is -0.147. The van der Waals surface area contributed by atoms with Crippen molar-refractivity contribution in [3.8, 4) is 0 Å². The molecule has 0 spiro atoms. The number of Topliss-reactive ketones (excluding diaryl/α,β-unsaturated/α-hetero) is 1. The summed E-state index contributed by atoms with van der Waals surface area (Å²) < 4.78 is 5.02. The van der Waals surface area contributed by atoms with Crippen molar-refractivity contribution in [3.05, 3.63) is 0 Å². The molecule has 16 heavy (non-hydrogen) atoms. The van der Waals surface area contributed by atoms with Crippen LogP contribution in [0.1, 0.15) is 65.7 Å². The van der Waals surface area contributed by atoms with E-state index in [4.69, 9.17) is 4.74 Å². The summed E-state index contributed by atoms with van der Waals surface area (Å²) in [5, 5.41) is 0. The number of rotatable bonds is 9. The van der Waals surface area contributed by atoms with Gasteiger partial charge in [-0.15, -0.1) is 0 Å². The maximum atomic E-state index is 11.2. The van der Waals surface area contributed by atoms with Crippen molar-refractivity contribution in [1.29, 1.82) is 0 Å². The minimum atomic E-state index is -0.111. The molecule has 0 fully saturated rings. The Morgan fingerprint density at radius 1 is 1.00 bits per heavy atom. The van der Waals surface area contributed by atoms with Gasteiger partial charge >= 0.3 is 5.97 Å². The number of hydrogen-bond donors (Lipinski definition) is 0. The van der Waals surface area contributed by atoms with E-state index >= 15 is 0 Å². The number of ketones is 1. The number of esters is 1. The second-order valence-corrected chi connectivity index (χ2v) is 4.35. The minimum absolute atomic E-state index is 0.0188. The van der Waals surface area contributed by atoms with E-state index in [0.29, 0.717) is 25.0 Å². The summed E-state index contributed by atoms with van der Waals surface area (Å²) in [4.78, 5) is 22.2. The smallest absolute Gasteiger partial charge is 0.306 e. The van der Waals surface area contributed by atoms with Crippen LogP contribution in [0.3, 0.4) is 0 Å². The maximum Gasteiger partial charge on any atom is 0.306 e. The van der Waals surface area contributed by atoms with Crippen LogP contribution in [-0.4, -0.2) is 17.9 Å². The predicted octanol–water partition coefficient (Wildman–Crippen LogP) is 3.26. The maximum absolute atomic E-state index is 11.2. The van der Waals surface area contributed by atoms with Gasteiger partial charge in [0, 0.05) is 19.3 Å². The van der Waals surface area contributed by atoms with E-state index < -0.39 is 0 Å². The normalized spacial score (nSPS) is 10.5. The van der Waals surface area contributed by atoms with Crippen LogP contribution < -0.4 is 0 Å². The Hall–Kier alpha value is -0.860. The van der Waals surface area contributed by atoms with Crippen molar-refractivity contribution >= 4 is 11.8 Å². The molecule has 0 aromatic carbocycles. The molecule has 0 heterocycles. The summed E-state index contributed by atoms with van der Waals surface area (Å²) in [6, 6.07) is 0. The molecule has 0 N–H and O–H groups in total. The van der Waals surface area contributed by atoms with Gasteiger partial charge in [-0.05, 0) is 26.7 Å². The van der Waals surface area contributed by atoms with Gasteiger partial charge in [-0.3, -0.25) is 9.59 Å². The summed E-state index contributed by atoms with van der Waals surface area (Å²) in [5.74, 6) is 0.221. The lowest BCUT2D eigenvalue weighted by Gasteiger charge is -2.07. The Balaban J connectivity index is 3.27. The van der Waals surface area contributed by atoms with E-state index in [1.165, 1.54) is 0 Å². The first-order valence-electron chi connectivity index (χ1n) is 6.27. The molecule has 3 heteroatoms. The van der Waals surface area contributed by atoms with Gasteiger partial charge in [-0.2, -0.15) is 0 Å². The first-order valence-corrected chi connectivity index (χ1v) is 6.27. The van der Waals surface area contributed by atoms with E-state index in [-0.39, 0.29) is 12.1 Å². The fourth-order valence-corrected chi connectivity index (χ4v) is 1.44. The number of ether oxygens (including phenoxy) is 1. The third kappa shape index (κ3) is 9.69. The summed E-state index contributed by atoms with van der Waals surface area (Å²) in [5.41, 5.74) is 0. The topological polar surface area (TPSA) is 43.4 Å². The van der Waals surface area contributed by atoms with Crippen LogP contribution in [0.5, 0.6) is 0 Å². The number of hydrogen-bond acceptors (Lipinski definition) is 3. The standard InChI is InChI=1S/C13H24O3/c1-4-12(14)9-7-5-6-8-10-13(15)16-11(2)3/h11H,4-10H2,1-3H3. The van der Waals surface area contributed by atoms with Gasteiger partial charge in [0.2, 0.25) is 0 Å². The van der Waals surface area contributed by atoms with Gasteiger partial charge in [0.25, 0.3) is 0 Å². The molecule has 0 saturated heterocycles. The van der Waals surface area contributed by atoms with Crippen LogP contribution in [0.15, 0.2) is 0 Å². The van der Waals surface area contributed by atoms with Gasteiger partial charge in [0.05, 0.1) is 6.10 Å². The minimum Gasteiger partial charge on any atom is -0.463 e. The van der Waals surface area contributed by atoms with E-state index in [9.17, 15) is 9.59 Å². The van der Waals surface area contributed by atoms with Crippen molar-refractivity contribution < 1.29 is 14.3 Å². The second kappa shape index (κ2) is 9.37. The van der Waals surface area contributed by atoms with Crippen LogP contribution in [0.25, 0.3) is 0 Å². The van der Waals surface area contributed by atoms with Crippen molar-refractivity contribution in [3.63, 3.8) is 0 Å². The van der Waals surface area contributed by atoms with Crippen LogP contribution in [0.2, 0.25) is 0 Å². The van der Waals surface area contributed by atoms with Gasteiger partial charge in [-0.1, -0.05) is 19.8 Å². The Labute approximate surface area is 98.6 Å². The molecule has 0 amide bonds. The van der Waals surface area contributed by atoms with E-state index in [0.717, 1.165) is 25.7 Å². The zero-order valence-corrected chi connectivity index (χ0v) is 10.8. The first kappa shape index (κ1) is 15.1. The molecule has 0 aliphatic rings. The molecule has 3 nitrogen and oxygen atoms in total. The van der Waals surface area contributed by atoms with Crippen LogP contribution in [-0.2, 0) is 14.3 Å². The molecule has 0 atom stereocenters. The number of carbonyl (C=O) groups excluding carboxylic acids is 2. The Morgan fingerprint density at radius 2 is 1.56 bits per heavy atom. The van der Waals surface area contributed by atoms with E-state index in [1.54, 1.807) is 0 Å². The first-order chi connectivity index (χ1) is 7.56. The molecule has 0 aromatic rings. The number of unbranched alkanes of at least 4 members (excludes halogenated alkanes) is 3. The zero-order valence-electron chi connectivity index (χ0n) is 10.8. The van der Waals surface area contributed by atoms with E-state index in [2.05, 4.69) is 0 Å². The molecule has 0 unspecified atom stereocenters. The fraction of sp³-hybridized carbons (Fsp3) is 0.846. The Kier molecular flexibility index (Phi) is 8.87. The van der Waals surface area contributed by atoms with Crippen molar-refractivity contribution in [2.24, 2.45) is 0 Å². The molecular formula is C13H24O3. The SMILES string of the molecule is CCC(=O)CCCCCCC(=O)OC(C)C. The fourth-order valence-electron chi connectivity index (χ4n) is 1.44. The van der Waals surface area contributed by atoms with Crippen LogP contribution >= 0.6 is 0 Å². The van der Waals surface area contributed by atoms with Crippen molar-refractivity contribution in [2.75, 3.05) is 0 Å². The second-order valence-electron chi connectivity index (χ2n) is 4.35. The quantitative estimate of drug-likeness (QED) is 0.449. The average molecular weight is 228 g/mol. The molecule has 0 aromatic heterocycles. The molecule has 0 radical (unpaired) electrons. The van der Waals surface area contributed by atoms with Crippen LogP contribution in [0, 0.1) is 0 Å². The predicted molar refractivity (Wildman–Crippen MR) is 64.2 cm³/mol.